The molecule has 0 saturated heterocycles. The molecule has 2 aromatic rings. The Kier molecular flexibility index (Phi) is 4.04. The molecule has 0 radical (unpaired) electrons. The summed E-state index contributed by atoms with van der Waals surface area (Å²) in [4.78, 5) is 28.3. The Morgan fingerprint density at radius 1 is 1.27 bits per heavy atom. The van der Waals surface area contributed by atoms with Crippen LogP contribution in [0, 0.1) is 5.92 Å². The number of ether oxygens (including phenoxy) is 1. The number of anilines is 1. The molecule has 5 heteroatoms. The quantitative estimate of drug-likeness (QED) is 0.881. The molecule has 1 heterocycles. The van der Waals surface area contributed by atoms with Gasteiger partial charge < -0.3 is 10.1 Å². The van der Waals surface area contributed by atoms with E-state index in [2.05, 4.69) is 10.3 Å². The first kappa shape index (κ1) is 14.5. The summed E-state index contributed by atoms with van der Waals surface area (Å²) in [5.74, 6) is -0.630. The molecule has 114 valence electrons. The van der Waals surface area contributed by atoms with Gasteiger partial charge in [-0.3, -0.25) is 14.6 Å². The van der Waals surface area contributed by atoms with Crippen molar-refractivity contribution in [1.29, 1.82) is 0 Å². The van der Waals surface area contributed by atoms with E-state index in [0.717, 1.165) is 30.2 Å². The Morgan fingerprint density at radius 2 is 2.09 bits per heavy atom. The lowest BCUT2D eigenvalue weighted by molar-refractivity contribution is -0.159. The molecule has 1 unspecified atom stereocenters. The van der Waals surface area contributed by atoms with Crippen LogP contribution in [0.3, 0.4) is 0 Å². The zero-order valence-electron chi connectivity index (χ0n) is 12.4. The van der Waals surface area contributed by atoms with Gasteiger partial charge in [0.2, 0.25) is 0 Å². The van der Waals surface area contributed by atoms with Gasteiger partial charge in [0.25, 0.3) is 5.91 Å². The highest BCUT2D eigenvalue weighted by atomic mass is 16.5. The molecule has 5 nitrogen and oxygen atoms in total. The minimum atomic E-state index is -0.806. The number of esters is 1. The number of carbonyl (C=O) groups excluding carboxylic acids is 2. The second-order valence-electron chi connectivity index (χ2n) is 5.57. The van der Waals surface area contributed by atoms with Crippen molar-refractivity contribution in [3.63, 3.8) is 0 Å². The van der Waals surface area contributed by atoms with Gasteiger partial charge in [0.15, 0.2) is 6.10 Å². The normalized spacial score (nSPS) is 15.9. The number of hydrogen-bond donors (Lipinski definition) is 1. The summed E-state index contributed by atoms with van der Waals surface area (Å²) < 4.78 is 5.23. The van der Waals surface area contributed by atoms with Crippen LogP contribution in [0.25, 0.3) is 10.9 Å². The highest BCUT2D eigenvalue weighted by Gasteiger charge is 2.29. The number of aromatic nitrogens is 1. The zero-order valence-corrected chi connectivity index (χ0v) is 12.4. The van der Waals surface area contributed by atoms with E-state index in [1.807, 2.05) is 30.3 Å². The first-order chi connectivity index (χ1) is 10.6. The zero-order chi connectivity index (χ0) is 15.5. The standard InChI is InChI=1S/C17H18N2O3/c1-11(22-17(21)12-5-2-6-12)16(20)19-15-9-3-8-14-13(15)7-4-10-18-14/h3-4,7-12H,2,5-6H2,1H3,(H,19,20). The van der Waals surface area contributed by atoms with Crippen LogP contribution in [-0.2, 0) is 14.3 Å². The number of rotatable bonds is 4. The van der Waals surface area contributed by atoms with Crippen molar-refractivity contribution in [2.24, 2.45) is 5.92 Å². The third-order valence-electron chi connectivity index (χ3n) is 4.00. The van der Waals surface area contributed by atoms with Crippen LogP contribution < -0.4 is 5.32 Å². The summed E-state index contributed by atoms with van der Waals surface area (Å²) in [6.07, 6.45) is 3.69. The van der Waals surface area contributed by atoms with Gasteiger partial charge in [-0.1, -0.05) is 12.5 Å². The second kappa shape index (κ2) is 6.13. The van der Waals surface area contributed by atoms with Crippen molar-refractivity contribution >= 4 is 28.5 Å². The molecular formula is C17H18N2O3. The Morgan fingerprint density at radius 3 is 2.82 bits per heavy atom. The lowest BCUT2D eigenvalue weighted by Gasteiger charge is -2.24. The molecule has 1 aliphatic rings. The van der Waals surface area contributed by atoms with E-state index in [0.29, 0.717) is 5.69 Å². The van der Waals surface area contributed by atoms with Crippen molar-refractivity contribution in [2.45, 2.75) is 32.3 Å². The van der Waals surface area contributed by atoms with Crippen LogP contribution in [0.15, 0.2) is 36.5 Å². The predicted molar refractivity (Wildman–Crippen MR) is 83.3 cm³/mol. The molecule has 22 heavy (non-hydrogen) atoms. The molecule has 0 spiro atoms. The van der Waals surface area contributed by atoms with E-state index in [1.54, 1.807) is 13.1 Å². The number of benzene rings is 1. The third-order valence-corrected chi connectivity index (χ3v) is 4.00. The lowest BCUT2D eigenvalue weighted by Crippen LogP contribution is -2.34. The average molecular weight is 298 g/mol. The van der Waals surface area contributed by atoms with Gasteiger partial charge in [-0.25, -0.2) is 0 Å². The molecule has 3 rings (SSSR count). The summed E-state index contributed by atoms with van der Waals surface area (Å²) in [5, 5.41) is 3.67. The molecule has 1 atom stereocenters. The minimum Gasteiger partial charge on any atom is -0.452 e. The third kappa shape index (κ3) is 2.93. The van der Waals surface area contributed by atoms with Gasteiger partial charge in [-0.05, 0) is 44.0 Å². The molecule has 1 aliphatic carbocycles. The SMILES string of the molecule is CC(OC(=O)C1CCC1)C(=O)Nc1cccc2ncccc12. The molecule has 1 N–H and O–H groups in total. The van der Waals surface area contributed by atoms with Crippen LogP contribution in [0.1, 0.15) is 26.2 Å². The largest absolute Gasteiger partial charge is 0.452 e. The summed E-state index contributed by atoms with van der Waals surface area (Å²) in [6.45, 7) is 1.59. The fourth-order valence-electron chi connectivity index (χ4n) is 2.41. The molecule has 1 amide bonds. The fourth-order valence-corrected chi connectivity index (χ4v) is 2.41. The van der Waals surface area contributed by atoms with Crippen molar-refractivity contribution in [2.75, 3.05) is 5.32 Å². The fraction of sp³-hybridized carbons (Fsp3) is 0.353. The van der Waals surface area contributed by atoms with Crippen molar-refractivity contribution in [1.82, 2.24) is 4.98 Å². The van der Waals surface area contributed by atoms with Crippen LogP contribution in [0.5, 0.6) is 0 Å². The topological polar surface area (TPSA) is 68.3 Å². The van der Waals surface area contributed by atoms with Gasteiger partial charge in [-0.15, -0.1) is 0 Å². The first-order valence-corrected chi connectivity index (χ1v) is 7.50. The average Bonchev–Trinajstić information content (AvgIpc) is 2.45. The molecule has 1 aromatic heterocycles. The van der Waals surface area contributed by atoms with Gasteiger partial charge >= 0.3 is 5.97 Å². The number of nitrogens with zero attached hydrogens (tertiary/aromatic N) is 1. The Labute approximate surface area is 128 Å². The molecule has 1 saturated carbocycles. The van der Waals surface area contributed by atoms with Gasteiger partial charge in [0, 0.05) is 11.6 Å². The van der Waals surface area contributed by atoms with E-state index in [-0.39, 0.29) is 17.8 Å². The maximum Gasteiger partial charge on any atom is 0.309 e. The van der Waals surface area contributed by atoms with Crippen molar-refractivity contribution < 1.29 is 14.3 Å². The van der Waals surface area contributed by atoms with Crippen molar-refractivity contribution in [3.05, 3.63) is 36.5 Å². The monoisotopic (exact) mass is 298 g/mol. The molecule has 0 aliphatic heterocycles. The number of pyridine rings is 1. The van der Waals surface area contributed by atoms with Crippen LogP contribution >= 0.6 is 0 Å². The Hall–Kier alpha value is -2.43. The minimum absolute atomic E-state index is 0.0306. The van der Waals surface area contributed by atoms with Gasteiger partial charge in [0.05, 0.1) is 17.1 Å². The van der Waals surface area contributed by atoms with E-state index in [9.17, 15) is 9.59 Å². The van der Waals surface area contributed by atoms with E-state index < -0.39 is 6.10 Å². The molecule has 1 aromatic carbocycles. The number of hydrogen-bond acceptors (Lipinski definition) is 4. The van der Waals surface area contributed by atoms with E-state index >= 15 is 0 Å². The van der Waals surface area contributed by atoms with Gasteiger partial charge in [-0.2, -0.15) is 0 Å². The summed E-state index contributed by atoms with van der Waals surface area (Å²) in [7, 11) is 0. The summed E-state index contributed by atoms with van der Waals surface area (Å²) >= 11 is 0. The van der Waals surface area contributed by atoms with Crippen molar-refractivity contribution in [3.8, 4) is 0 Å². The molecule has 1 fully saturated rings. The summed E-state index contributed by atoms with van der Waals surface area (Å²) in [6, 6.07) is 9.23. The van der Waals surface area contributed by atoms with Gasteiger partial charge in [0.1, 0.15) is 0 Å². The number of amides is 1. The Bertz CT molecular complexity index is 705. The second-order valence-corrected chi connectivity index (χ2v) is 5.57. The molecular weight excluding hydrogens is 280 g/mol. The lowest BCUT2D eigenvalue weighted by atomic mass is 9.86. The van der Waals surface area contributed by atoms with Crippen LogP contribution in [0.4, 0.5) is 5.69 Å². The smallest absolute Gasteiger partial charge is 0.309 e. The number of fused-ring (bicyclic) bond motifs is 1. The van der Waals surface area contributed by atoms with Crippen LogP contribution in [-0.4, -0.2) is 23.0 Å². The molecule has 0 bridgehead atoms. The maximum absolute atomic E-state index is 12.2. The highest BCUT2D eigenvalue weighted by molar-refractivity contribution is 6.02. The maximum atomic E-state index is 12.2. The highest BCUT2D eigenvalue weighted by Crippen LogP contribution is 2.28. The number of nitrogens with one attached hydrogen (secondary N) is 1. The van der Waals surface area contributed by atoms with Crippen LogP contribution in [0.2, 0.25) is 0 Å². The first-order valence-electron chi connectivity index (χ1n) is 7.50. The summed E-state index contributed by atoms with van der Waals surface area (Å²) in [5.41, 5.74) is 1.47. The predicted octanol–water partition coefficient (Wildman–Crippen LogP) is 2.91. The number of carbonyl (C=O) groups is 2. The Balaban J connectivity index is 1.68. The van der Waals surface area contributed by atoms with E-state index in [1.165, 1.54) is 0 Å². The van der Waals surface area contributed by atoms with E-state index in [4.69, 9.17) is 4.74 Å².